The van der Waals surface area contributed by atoms with Gasteiger partial charge in [0, 0.05) is 13.1 Å². The molecule has 7 nitrogen and oxygen atoms in total. The van der Waals surface area contributed by atoms with Crippen LogP contribution in [-0.2, 0) is 34.7 Å². The van der Waals surface area contributed by atoms with E-state index in [1.807, 2.05) is 85.8 Å². The fraction of sp³-hybridized carbons (Fsp3) is 0.300. The molecule has 1 spiro atoms. The van der Waals surface area contributed by atoms with Crippen LogP contribution in [0.2, 0.25) is 0 Å². The van der Waals surface area contributed by atoms with Gasteiger partial charge in [0.2, 0.25) is 5.91 Å². The molecule has 2 aliphatic rings. The first-order chi connectivity index (χ1) is 18.0. The molecule has 1 heterocycles. The molecule has 1 fully saturated rings. The first kappa shape index (κ1) is 24.6. The Kier molecular flexibility index (Phi) is 6.95. The van der Waals surface area contributed by atoms with E-state index < -0.39 is 11.6 Å². The quantitative estimate of drug-likeness (QED) is 0.468. The molecule has 3 aromatic rings. The number of carbonyl (C=O) groups is 3. The largest absolute Gasteiger partial charge is 0.489 e. The summed E-state index contributed by atoms with van der Waals surface area (Å²) in [5.41, 5.74) is 2.88. The number of likely N-dealkylation sites (N-methyl/N-ethyl adjacent to an activating group) is 1. The van der Waals surface area contributed by atoms with Gasteiger partial charge in [-0.15, -0.1) is 0 Å². The molecule has 1 saturated heterocycles. The Morgan fingerprint density at radius 1 is 0.973 bits per heavy atom. The summed E-state index contributed by atoms with van der Waals surface area (Å²) < 4.78 is 5.85. The van der Waals surface area contributed by atoms with Crippen molar-refractivity contribution >= 4 is 17.8 Å². The minimum atomic E-state index is -1.07. The zero-order chi connectivity index (χ0) is 25.8. The van der Waals surface area contributed by atoms with Crippen molar-refractivity contribution in [3.05, 3.63) is 101 Å². The number of ether oxygens (including phenoxy) is 1. The van der Waals surface area contributed by atoms with Crippen LogP contribution < -0.4 is 10.1 Å². The Morgan fingerprint density at radius 2 is 1.70 bits per heavy atom. The molecule has 1 aliphatic heterocycles. The van der Waals surface area contributed by atoms with Crippen LogP contribution in [0.15, 0.2) is 78.9 Å². The number of carbonyl (C=O) groups excluding carboxylic acids is 3. The predicted octanol–water partition coefficient (Wildman–Crippen LogP) is 4.40. The molecule has 37 heavy (non-hydrogen) atoms. The second-order valence-electron chi connectivity index (χ2n) is 9.56. The molecule has 1 N–H and O–H groups in total. The highest BCUT2D eigenvalue weighted by Crippen LogP contribution is 2.39. The van der Waals surface area contributed by atoms with E-state index in [0.717, 1.165) is 45.7 Å². The lowest BCUT2D eigenvalue weighted by Gasteiger charge is -2.33. The number of hydrogen-bond donors (Lipinski definition) is 1. The summed E-state index contributed by atoms with van der Waals surface area (Å²) >= 11 is 0. The van der Waals surface area contributed by atoms with Crippen molar-refractivity contribution in [2.45, 2.75) is 44.9 Å². The van der Waals surface area contributed by atoms with Gasteiger partial charge >= 0.3 is 6.03 Å². The highest BCUT2D eigenvalue weighted by atomic mass is 16.5. The van der Waals surface area contributed by atoms with E-state index in [0.29, 0.717) is 26.1 Å². The number of aryl methyl sites for hydroxylation is 1. The summed E-state index contributed by atoms with van der Waals surface area (Å²) in [6, 6.07) is 24.8. The third kappa shape index (κ3) is 4.94. The minimum Gasteiger partial charge on any atom is -0.489 e. The van der Waals surface area contributed by atoms with Gasteiger partial charge < -0.3 is 15.0 Å². The first-order valence-corrected chi connectivity index (χ1v) is 12.8. The Bertz CT molecular complexity index is 1290. The number of benzene rings is 3. The van der Waals surface area contributed by atoms with Crippen LogP contribution in [0.3, 0.4) is 0 Å². The second kappa shape index (κ2) is 10.5. The Balaban J connectivity index is 1.22. The number of fused-ring (bicyclic) bond motifs is 2. The smallest absolute Gasteiger partial charge is 0.325 e. The molecule has 0 saturated carbocycles. The van der Waals surface area contributed by atoms with Gasteiger partial charge in [0.15, 0.2) is 0 Å². The van der Waals surface area contributed by atoms with Crippen LogP contribution in [0.25, 0.3) is 0 Å². The average molecular weight is 498 g/mol. The van der Waals surface area contributed by atoms with E-state index >= 15 is 0 Å². The number of rotatable bonds is 8. The highest BCUT2D eigenvalue weighted by molar-refractivity contribution is 6.09. The maximum atomic E-state index is 13.5. The van der Waals surface area contributed by atoms with Gasteiger partial charge in [-0.3, -0.25) is 14.5 Å². The van der Waals surface area contributed by atoms with Crippen molar-refractivity contribution in [1.29, 1.82) is 0 Å². The molecule has 0 radical (unpaired) electrons. The van der Waals surface area contributed by atoms with Crippen molar-refractivity contribution < 1.29 is 19.1 Å². The van der Waals surface area contributed by atoms with E-state index in [-0.39, 0.29) is 18.4 Å². The minimum absolute atomic E-state index is 0.267. The molecule has 3 aromatic carbocycles. The van der Waals surface area contributed by atoms with Gasteiger partial charge in [0.1, 0.15) is 24.4 Å². The van der Waals surface area contributed by atoms with E-state index in [1.165, 1.54) is 0 Å². The fourth-order valence-corrected chi connectivity index (χ4v) is 5.22. The first-order valence-electron chi connectivity index (χ1n) is 12.8. The summed E-state index contributed by atoms with van der Waals surface area (Å²) in [5.74, 6) is 0.143. The van der Waals surface area contributed by atoms with Crippen LogP contribution in [0.4, 0.5) is 4.79 Å². The van der Waals surface area contributed by atoms with Crippen LogP contribution in [0.5, 0.6) is 5.75 Å². The van der Waals surface area contributed by atoms with E-state index in [1.54, 1.807) is 4.90 Å². The number of imide groups is 1. The van der Waals surface area contributed by atoms with Crippen molar-refractivity contribution in [3.63, 3.8) is 0 Å². The van der Waals surface area contributed by atoms with Crippen molar-refractivity contribution in [2.24, 2.45) is 0 Å². The normalized spacial score (nSPS) is 18.5. The molecule has 5 rings (SSSR count). The SMILES string of the molecule is CCN(Cc1ccc(OCc2ccccc2)cc1)C(=O)CN1C(=O)NC2(CCCc3ccccc32)C1=O. The highest BCUT2D eigenvalue weighted by Gasteiger charge is 2.54. The summed E-state index contributed by atoms with van der Waals surface area (Å²) in [4.78, 5) is 42.3. The lowest BCUT2D eigenvalue weighted by atomic mass is 9.76. The van der Waals surface area contributed by atoms with Crippen LogP contribution in [0.1, 0.15) is 42.0 Å². The van der Waals surface area contributed by atoms with Gasteiger partial charge in [-0.1, -0.05) is 66.7 Å². The molecule has 7 heteroatoms. The van der Waals surface area contributed by atoms with E-state index in [9.17, 15) is 14.4 Å². The summed E-state index contributed by atoms with van der Waals surface area (Å²) in [7, 11) is 0. The van der Waals surface area contributed by atoms with Gasteiger partial charge in [0.25, 0.3) is 5.91 Å². The molecule has 190 valence electrons. The third-order valence-electron chi connectivity index (χ3n) is 7.22. The molecule has 4 amide bonds. The fourth-order valence-electron chi connectivity index (χ4n) is 5.22. The molecular weight excluding hydrogens is 466 g/mol. The standard InChI is InChI=1S/C30H31N3O4/c1-2-32(19-22-14-16-25(17-15-22)37-21-23-9-4-3-5-10-23)27(34)20-33-28(35)30(31-29(33)36)18-8-12-24-11-6-7-13-26(24)30/h3-7,9-11,13-17H,2,8,12,18-21H2,1H3,(H,31,36). The number of nitrogens with zero attached hydrogens (tertiary/aromatic N) is 2. The zero-order valence-corrected chi connectivity index (χ0v) is 21.0. The number of nitrogens with one attached hydrogen (secondary N) is 1. The van der Waals surface area contributed by atoms with Crippen molar-refractivity contribution in [2.75, 3.05) is 13.1 Å². The third-order valence-corrected chi connectivity index (χ3v) is 7.22. The van der Waals surface area contributed by atoms with Gasteiger partial charge in [-0.2, -0.15) is 0 Å². The lowest BCUT2D eigenvalue weighted by Crippen LogP contribution is -2.47. The number of hydrogen-bond acceptors (Lipinski definition) is 4. The Hall–Kier alpha value is -4.13. The molecule has 0 aromatic heterocycles. The number of amides is 4. The van der Waals surface area contributed by atoms with Crippen molar-refractivity contribution in [3.8, 4) is 5.75 Å². The van der Waals surface area contributed by atoms with Crippen molar-refractivity contribution in [1.82, 2.24) is 15.1 Å². The van der Waals surface area contributed by atoms with Gasteiger partial charge in [-0.05, 0) is 60.6 Å². The second-order valence-corrected chi connectivity index (χ2v) is 9.56. The van der Waals surface area contributed by atoms with E-state index in [2.05, 4.69) is 5.32 Å². The maximum absolute atomic E-state index is 13.5. The molecule has 1 aliphatic carbocycles. The summed E-state index contributed by atoms with van der Waals surface area (Å²) in [6.07, 6.45) is 2.21. The zero-order valence-electron chi connectivity index (χ0n) is 21.0. The van der Waals surface area contributed by atoms with Crippen LogP contribution in [-0.4, -0.2) is 40.7 Å². The molecule has 1 unspecified atom stereocenters. The van der Waals surface area contributed by atoms with Crippen LogP contribution >= 0.6 is 0 Å². The van der Waals surface area contributed by atoms with Gasteiger partial charge in [-0.25, -0.2) is 4.79 Å². The van der Waals surface area contributed by atoms with Crippen LogP contribution in [0, 0.1) is 0 Å². The maximum Gasteiger partial charge on any atom is 0.325 e. The Labute approximate surface area is 217 Å². The predicted molar refractivity (Wildman–Crippen MR) is 140 cm³/mol. The van der Waals surface area contributed by atoms with E-state index in [4.69, 9.17) is 4.74 Å². The molecular formula is C30H31N3O4. The Morgan fingerprint density at radius 3 is 2.46 bits per heavy atom. The lowest BCUT2D eigenvalue weighted by molar-refractivity contribution is -0.139. The summed E-state index contributed by atoms with van der Waals surface area (Å²) in [5, 5.41) is 2.92. The number of urea groups is 1. The monoisotopic (exact) mass is 497 g/mol. The van der Waals surface area contributed by atoms with Gasteiger partial charge in [0.05, 0.1) is 0 Å². The molecule has 0 bridgehead atoms. The average Bonchev–Trinajstić information content (AvgIpc) is 3.16. The topological polar surface area (TPSA) is 79.0 Å². The summed E-state index contributed by atoms with van der Waals surface area (Å²) in [6.45, 7) is 2.94. The molecule has 1 atom stereocenters.